The molecule has 0 amide bonds. The molecular weight excluding hydrogens is 282 g/mol. The summed E-state index contributed by atoms with van der Waals surface area (Å²) in [5.41, 5.74) is 2.92. The van der Waals surface area contributed by atoms with E-state index in [4.69, 9.17) is 0 Å². The molecule has 1 atom stereocenters. The van der Waals surface area contributed by atoms with Crippen LogP contribution in [0.2, 0.25) is 0 Å². The summed E-state index contributed by atoms with van der Waals surface area (Å²) in [7, 11) is -3.36. The summed E-state index contributed by atoms with van der Waals surface area (Å²) in [5.74, 6) is 0.0105. The maximum absolute atomic E-state index is 12.3. The second kappa shape index (κ2) is 6.87. The van der Waals surface area contributed by atoms with Crippen LogP contribution in [0.3, 0.4) is 0 Å². The van der Waals surface area contributed by atoms with E-state index in [0.29, 0.717) is 0 Å². The normalized spacial score (nSPS) is 13.0. The summed E-state index contributed by atoms with van der Waals surface area (Å²) in [6.07, 6.45) is 0.719. The Bertz CT molecular complexity index is 664. The Morgan fingerprint density at radius 1 is 1.00 bits per heavy atom. The molecule has 0 heterocycles. The van der Waals surface area contributed by atoms with Gasteiger partial charge in [-0.15, -0.1) is 0 Å². The molecule has 0 saturated carbocycles. The molecule has 0 aliphatic rings. The van der Waals surface area contributed by atoms with Gasteiger partial charge in [0.15, 0.2) is 0 Å². The smallest absolute Gasteiger partial charge is 0.212 e. The molecule has 0 aromatic heterocycles. The van der Waals surface area contributed by atoms with Gasteiger partial charge in [-0.25, -0.2) is 13.1 Å². The van der Waals surface area contributed by atoms with Crippen LogP contribution in [0.5, 0.6) is 0 Å². The molecular formula is C17H21NO2S. The minimum atomic E-state index is -3.36. The first-order valence-electron chi connectivity index (χ1n) is 7.10. The van der Waals surface area contributed by atoms with Gasteiger partial charge in [-0.3, -0.25) is 0 Å². The maximum atomic E-state index is 12.3. The summed E-state index contributed by atoms with van der Waals surface area (Å²) < 4.78 is 27.4. The molecule has 2 aromatic rings. The van der Waals surface area contributed by atoms with Crippen LogP contribution in [0, 0.1) is 6.92 Å². The third-order valence-electron chi connectivity index (χ3n) is 3.41. The molecule has 1 N–H and O–H groups in total. The van der Waals surface area contributed by atoms with Crippen LogP contribution in [0.1, 0.15) is 36.1 Å². The predicted molar refractivity (Wildman–Crippen MR) is 86.4 cm³/mol. The maximum Gasteiger partial charge on any atom is 0.216 e. The predicted octanol–water partition coefficient (Wildman–Crippen LogP) is 3.57. The Morgan fingerprint density at radius 3 is 2.19 bits per heavy atom. The Labute approximate surface area is 127 Å². The van der Waals surface area contributed by atoms with Gasteiger partial charge < -0.3 is 0 Å². The zero-order chi connectivity index (χ0) is 15.3. The molecule has 0 aliphatic heterocycles. The van der Waals surface area contributed by atoms with Gasteiger partial charge in [-0.05, 0) is 24.5 Å². The largest absolute Gasteiger partial charge is 0.216 e. The second-order valence-electron chi connectivity index (χ2n) is 5.23. The molecule has 0 radical (unpaired) electrons. The first kappa shape index (κ1) is 15.7. The Morgan fingerprint density at radius 2 is 1.62 bits per heavy atom. The Hall–Kier alpha value is -1.65. The van der Waals surface area contributed by atoms with Crippen molar-refractivity contribution in [2.24, 2.45) is 0 Å². The third-order valence-corrected chi connectivity index (χ3v) is 4.77. The van der Waals surface area contributed by atoms with Crippen molar-refractivity contribution in [2.75, 3.05) is 0 Å². The van der Waals surface area contributed by atoms with Crippen molar-refractivity contribution in [3.63, 3.8) is 0 Å². The number of hydrogen-bond donors (Lipinski definition) is 1. The summed E-state index contributed by atoms with van der Waals surface area (Å²) in [6, 6.07) is 17.1. The van der Waals surface area contributed by atoms with E-state index >= 15 is 0 Å². The zero-order valence-corrected chi connectivity index (χ0v) is 13.2. The quantitative estimate of drug-likeness (QED) is 0.887. The highest BCUT2D eigenvalue weighted by Gasteiger charge is 2.18. The lowest BCUT2D eigenvalue weighted by Gasteiger charge is -2.17. The molecule has 2 rings (SSSR count). The van der Waals surface area contributed by atoms with E-state index < -0.39 is 10.0 Å². The molecule has 0 bridgehead atoms. The first-order chi connectivity index (χ1) is 10.00. The molecule has 0 saturated heterocycles. The molecule has 0 spiro atoms. The van der Waals surface area contributed by atoms with Gasteiger partial charge in [0.05, 0.1) is 5.75 Å². The standard InChI is InChI=1S/C17H21NO2S/c1-3-17(16-7-5-4-6-8-16)18-21(19,20)13-15-11-9-14(2)10-12-15/h4-12,17-18H,3,13H2,1-2H3/t17-/m1/s1. The lowest BCUT2D eigenvalue weighted by molar-refractivity contribution is 0.549. The fraction of sp³-hybridized carbons (Fsp3) is 0.294. The van der Waals surface area contributed by atoms with Crippen molar-refractivity contribution in [1.29, 1.82) is 0 Å². The van der Waals surface area contributed by atoms with Crippen molar-refractivity contribution in [1.82, 2.24) is 4.72 Å². The van der Waals surface area contributed by atoms with Crippen LogP contribution in [0.4, 0.5) is 0 Å². The van der Waals surface area contributed by atoms with Gasteiger partial charge in [0, 0.05) is 6.04 Å². The summed E-state index contributed by atoms with van der Waals surface area (Å²) in [5, 5.41) is 0. The highest BCUT2D eigenvalue weighted by atomic mass is 32.2. The number of nitrogens with one attached hydrogen (secondary N) is 1. The van der Waals surface area contributed by atoms with Crippen molar-refractivity contribution in [3.05, 3.63) is 71.3 Å². The zero-order valence-electron chi connectivity index (χ0n) is 12.4. The van der Waals surface area contributed by atoms with Gasteiger partial charge in [0.25, 0.3) is 0 Å². The number of benzene rings is 2. The average molecular weight is 303 g/mol. The van der Waals surface area contributed by atoms with Crippen molar-refractivity contribution >= 4 is 10.0 Å². The summed E-state index contributed by atoms with van der Waals surface area (Å²) in [4.78, 5) is 0. The minimum Gasteiger partial charge on any atom is -0.212 e. The van der Waals surface area contributed by atoms with Crippen molar-refractivity contribution in [2.45, 2.75) is 32.1 Å². The number of sulfonamides is 1. The van der Waals surface area contributed by atoms with Crippen LogP contribution in [-0.4, -0.2) is 8.42 Å². The molecule has 0 unspecified atom stereocenters. The van der Waals surface area contributed by atoms with Gasteiger partial charge in [-0.1, -0.05) is 67.1 Å². The number of hydrogen-bond acceptors (Lipinski definition) is 2. The van der Waals surface area contributed by atoms with E-state index in [1.165, 1.54) is 0 Å². The van der Waals surface area contributed by atoms with E-state index in [0.717, 1.165) is 23.1 Å². The topological polar surface area (TPSA) is 46.2 Å². The highest BCUT2D eigenvalue weighted by molar-refractivity contribution is 7.88. The molecule has 21 heavy (non-hydrogen) atoms. The Kier molecular flexibility index (Phi) is 5.15. The molecule has 2 aromatic carbocycles. The second-order valence-corrected chi connectivity index (χ2v) is 6.99. The van der Waals surface area contributed by atoms with Gasteiger partial charge in [0.2, 0.25) is 10.0 Å². The van der Waals surface area contributed by atoms with Crippen LogP contribution < -0.4 is 4.72 Å². The fourth-order valence-corrected chi connectivity index (χ4v) is 3.69. The fourth-order valence-electron chi connectivity index (χ4n) is 2.23. The highest BCUT2D eigenvalue weighted by Crippen LogP contribution is 2.18. The van der Waals surface area contributed by atoms with Gasteiger partial charge >= 0.3 is 0 Å². The van der Waals surface area contributed by atoms with E-state index in [1.54, 1.807) is 0 Å². The monoisotopic (exact) mass is 303 g/mol. The Balaban J connectivity index is 2.10. The summed E-state index contributed by atoms with van der Waals surface area (Å²) in [6.45, 7) is 3.96. The van der Waals surface area contributed by atoms with E-state index in [-0.39, 0.29) is 11.8 Å². The average Bonchev–Trinajstić information content (AvgIpc) is 2.48. The van der Waals surface area contributed by atoms with E-state index in [2.05, 4.69) is 4.72 Å². The van der Waals surface area contributed by atoms with Gasteiger partial charge in [0.1, 0.15) is 0 Å². The van der Waals surface area contributed by atoms with Gasteiger partial charge in [-0.2, -0.15) is 0 Å². The lowest BCUT2D eigenvalue weighted by atomic mass is 10.1. The van der Waals surface area contributed by atoms with Crippen LogP contribution in [0.15, 0.2) is 54.6 Å². The molecule has 3 nitrogen and oxygen atoms in total. The number of aryl methyl sites for hydroxylation is 1. The SMILES string of the molecule is CC[C@@H](NS(=O)(=O)Cc1ccc(C)cc1)c1ccccc1. The molecule has 4 heteroatoms. The minimum absolute atomic E-state index is 0.0105. The van der Waals surface area contributed by atoms with Crippen LogP contribution in [0.25, 0.3) is 0 Å². The molecule has 0 aliphatic carbocycles. The van der Waals surface area contributed by atoms with E-state index in [1.807, 2.05) is 68.4 Å². The first-order valence-corrected chi connectivity index (χ1v) is 8.76. The van der Waals surface area contributed by atoms with Crippen LogP contribution in [-0.2, 0) is 15.8 Å². The van der Waals surface area contributed by atoms with Crippen molar-refractivity contribution < 1.29 is 8.42 Å². The van der Waals surface area contributed by atoms with E-state index in [9.17, 15) is 8.42 Å². The lowest BCUT2D eigenvalue weighted by Crippen LogP contribution is -2.29. The van der Waals surface area contributed by atoms with Crippen LogP contribution >= 0.6 is 0 Å². The number of rotatable bonds is 6. The third kappa shape index (κ3) is 4.69. The van der Waals surface area contributed by atoms with Crippen molar-refractivity contribution in [3.8, 4) is 0 Å². The summed E-state index contributed by atoms with van der Waals surface area (Å²) >= 11 is 0. The molecule has 112 valence electrons. The molecule has 0 fully saturated rings.